The number of aromatic amines is 1. The summed E-state index contributed by atoms with van der Waals surface area (Å²) in [5.41, 5.74) is 4.08. The maximum atomic E-state index is 13.0. The van der Waals surface area contributed by atoms with Crippen LogP contribution in [0.5, 0.6) is 0 Å². The Morgan fingerprint density at radius 1 is 1.27 bits per heavy atom. The van der Waals surface area contributed by atoms with Crippen LogP contribution in [-0.2, 0) is 23.1 Å². The van der Waals surface area contributed by atoms with Gasteiger partial charge in [-0.25, -0.2) is 14.6 Å². The van der Waals surface area contributed by atoms with Gasteiger partial charge >= 0.3 is 11.9 Å². The average molecular weight is 427 g/mol. The Bertz CT molecular complexity index is 1130. The number of carboxylic acid groups (broad SMARTS) is 2. The van der Waals surface area contributed by atoms with E-state index in [-0.39, 0.29) is 11.7 Å². The second kappa shape index (κ2) is 9.00. The van der Waals surface area contributed by atoms with Crippen LogP contribution < -0.4 is 0 Å². The number of fused-ring (bicyclic) bond motifs is 3. The van der Waals surface area contributed by atoms with E-state index in [1.807, 2.05) is 26.1 Å². The fourth-order valence-corrected chi connectivity index (χ4v) is 4.63. The number of thioether (sulfide) groups is 1. The Kier molecular flexibility index (Phi) is 6.41. The maximum absolute atomic E-state index is 13.0. The van der Waals surface area contributed by atoms with Crippen LogP contribution in [0.25, 0.3) is 10.9 Å². The number of para-hydroxylation sites is 1. The van der Waals surface area contributed by atoms with Crippen molar-refractivity contribution >= 4 is 40.4 Å². The van der Waals surface area contributed by atoms with Gasteiger partial charge in [0.15, 0.2) is 5.78 Å². The highest BCUT2D eigenvalue weighted by Gasteiger charge is 2.33. The van der Waals surface area contributed by atoms with Crippen LogP contribution in [0.2, 0.25) is 0 Å². The minimum absolute atomic E-state index is 0.00491. The van der Waals surface area contributed by atoms with Gasteiger partial charge in [-0.1, -0.05) is 18.2 Å². The Morgan fingerprint density at radius 2 is 1.93 bits per heavy atom. The number of nitrogens with one attached hydrogen (secondary N) is 1. The van der Waals surface area contributed by atoms with E-state index in [0.29, 0.717) is 18.6 Å². The molecule has 1 aromatic carbocycles. The highest BCUT2D eigenvalue weighted by molar-refractivity contribution is 7.99. The smallest absolute Gasteiger partial charge is 0.328 e. The van der Waals surface area contributed by atoms with E-state index in [4.69, 9.17) is 10.2 Å². The van der Waals surface area contributed by atoms with E-state index in [9.17, 15) is 14.4 Å². The summed E-state index contributed by atoms with van der Waals surface area (Å²) in [5, 5.41) is 17.8. The zero-order chi connectivity index (χ0) is 21.8. The number of H-pyrrole nitrogens is 1. The molecule has 0 amide bonds. The quantitative estimate of drug-likeness (QED) is 0.546. The van der Waals surface area contributed by atoms with Crippen LogP contribution in [0, 0.1) is 12.8 Å². The van der Waals surface area contributed by atoms with Crippen LogP contribution in [0.15, 0.2) is 47.8 Å². The number of nitrogens with zero attached hydrogens (tertiary/aromatic N) is 2. The van der Waals surface area contributed by atoms with Gasteiger partial charge in [0.1, 0.15) is 0 Å². The monoisotopic (exact) mass is 427 g/mol. The molecule has 9 heteroatoms. The molecule has 30 heavy (non-hydrogen) atoms. The minimum atomic E-state index is -1.26. The number of Topliss-reactive ketones (excluding diaryl/α,β-unsaturated/α-hetero) is 1. The highest BCUT2D eigenvalue weighted by Crippen LogP contribution is 2.40. The van der Waals surface area contributed by atoms with Crippen LogP contribution in [0.4, 0.5) is 0 Å². The predicted octanol–water partition coefficient (Wildman–Crippen LogP) is 3.07. The SMILES string of the molecule is Cc1[nH]cnc1CC1CSc2c(c3ccccc3n2C)C1=O.O=C(O)/C=C/C(=O)O. The molecule has 1 atom stereocenters. The summed E-state index contributed by atoms with van der Waals surface area (Å²) in [6.07, 6.45) is 3.53. The third-order valence-corrected chi connectivity index (χ3v) is 6.15. The number of ketones is 1. The Morgan fingerprint density at radius 3 is 2.53 bits per heavy atom. The molecule has 0 radical (unpaired) electrons. The van der Waals surface area contributed by atoms with Crippen molar-refractivity contribution in [3.8, 4) is 0 Å². The van der Waals surface area contributed by atoms with Gasteiger partial charge in [-0.05, 0) is 13.0 Å². The first-order valence-electron chi connectivity index (χ1n) is 9.16. The fraction of sp³-hybridized carbons (Fsp3) is 0.238. The van der Waals surface area contributed by atoms with Gasteiger partial charge in [-0.15, -0.1) is 11.8 Å². The number of aliphatic carboxylic acids is 2. The average Bonchev–Trinajstić information content (AvgIpc) is 3.24. The number of carbonyl (C=O) groups excluding carboxylic acids is 1. The van der Waals surface area contributed by atoms with Gasteiger partial charge in [-0.3, -0.25) is 4.79 Å². The van der Waals surface area contributed by atoms with Crippen molar-refractivity contribution in [3.05, 3.63) is 59.7 Å². The molecule has 0 bridgehead atoms. The number of benzene rings is 1. The van der Waals surface area contributed by atoms with Crippen molar-refractivity contribution in [2.75, 3.05) is 5.75 Å². The molecule has 1 aliphatic rings. The van der Waals surface area contributed by atoms with E-state index >= 15 is 0 Å². The van der Waals surface area contributed by atoms with E-state index in [0.717, 1.165) is 38.6 Å². The lowest BCUT2D eigenvalue weighted by molar-refractivity contribution is -0.134. The topological polar surface area (TPSA) is 125 Å². The zero-order valence-corrected chi connectivity index (χ0v) is 17.3. The molecule has 0 fully saturated rings. The van der Waals surface area contributed by atoms with E-state index in [1.165, 1.54) is 0 Å². The second-order valence-corrected chi connectivity index (χ2v) is 7.83. The number of carbonyl (C=O) groups is 3. The lowest BCUT2D eigenvalue weighted by Crippen LogP contribution is -2.24. The van der Waals surface area contributed by atoms with E-state index in [1.54, 1.807) is 18.1 Å². The Hall–Kier alpha value is -3.33. The molecular weight excluding hydrogens is 406 g/mol. The number of hydrogen-bond acceptors (Lipinski definition) is 5. The molecule has 156 valence electrons. The molecule has 1 unspecified atom stereocenters. The third-order valence-electron chi connectivity index (χ3n) is 4.83. The number of hydrogen-bond donors (Lipinski definition) is 3. The van der Waals surface area contributed by atoms with Crippen LogP contribution in [0.3, 0.4) is 0 Å². The maximum Gasteiger partial charge on any atom is 0.328 e. The molecule has 4 rings (SSSR count). The van der Waals surface area contributed by atoms with Crippen molar-refractivity contribution in [2.24, 2.45) is 13.0 Å². The van der Waals surface area contributed by atoms with Gasteiger partial charge in [0.05, 0.1) is 22.6 Å². The molecule has 8 nitrogen and oxygen atoms in total. The largest absolute Gasteiger partial charge is 0.478 e. The number of aromatic nitrogens is 3. The second-order valence-electron chi connectivity index (χ2n) is 6.82. The zero-order valence-electron chi connectivity index (χ0n) is 16.5. The minimum Gasteiger partial charge on any atom is -0.478 e. The molecule has 3 aromatic rings. The van der Waals surface area contributed by atoms with Crippen LogP contribution in [0.1, 0.15) is 21.7 Å². The first-order valence-corrected chi connectivity index (χ1v) is 10.1. The van der Waals surface area contributed by atoms with Gasteiger partial charge < -0.3 is 19.8 Å². The van der Waals surface area contributed by atoms with Crippen molar-refractivity contribution in [1.29, 1.82) is 0 Å². The predicted molar refractivity (Wildman–Crippen MR) is 113 cm³/mol. The number of imidazole rings is 1. The standard InChI is InChI=1S/C17H17N3OS.C4H4O4/c1-10-13(19-9-18-10)7-11-8-22-17-15(16(11)21)12-5-3-4-6-14(12)20(17)2;5-3(6)1-2-4(7)8/h3-6,9,11H,7-8H2,1-2H3,(H,18,19);1-2H,(H,5,6)(H,7,8)/b;2-1+. The Labute approximate surface area is 176 Å². The van der Waals surface area contributed by atoms with Crippen molar-refractivity contribution < 1.29 is 24.6 Å². The summed E-state index contributed by atoms with van der Waals surface area (Å²) in [7, 11) is 2.04. The molecular formula is C21H21N3O5S. The third kappa shape index (κ3) is 4.46. The van der Waals surface area contributed by atoms with E-state index in [2.05, 4.69) is 26.7 Å². The lowest BCUT2D eigenvalue weighted by atomic mass is 9.93. The van der Waals surface area contributed by atoms with Gasteiger partial charge in [-0.2, -0.15) is 0 Å². The first-order chi connectivity index (χ1) is 14.3. The highest BCUT2D eigenvalue weighted by atomic mass is 32.2. The number of rotatable bonds is 4. The molecule has 3 heterocycles. The number of aryl methyl sites for hydroxylation is 2. The molecule has 0 aliphatic carbocycles. The lowest BCUT2D eigenvalue weighted by Gasteiger charge is -2.21. The molecule has 0 saturated carbocycles. The van der Waals surface area contributed by atoms with Crippen LogP contribution >= 0.6 is 11.8 Å². The van der Waals surface area contributed by atoms with Crippen molar-refractivity contribution in [1.82, 2.24) is 14.5 Å². The van der Waals surface area contributed by atoms with Crippen molar-refractivity contribution in [2.45, 2.75) is 18.4 Å². The summed E-state index contributed by atoms with van der Waals surface area (Å²) >= 11 is 1.78. The van der Waals surface area contributed by atoms with Gasteiger partial charge in [0.2, 0.25) is 0 Å². The number of carboxylic acids is 2. The van der Waals surface area contributed by atoms with Gasteiger partial charge in [0.25, 0.3) is 0 Å². The van der Waals surface area contributed by atoms with Gasteiger partial charge in [0, 0.05) is 53.9 Å². The van der Waals surface area contributed by atoms with E-state index < -0.39 is 11.9 Å². The molecule has 0 saturated heterocycles. The fourth-order valence-electron chi connectivity index (χ4n) is 3.36. The molecule has 2 aromatic heterocycles. The Balaban J connectivity index is 0.000000275. The molecule has 0 spiro atoms. The summed E-state index contributed by atoms with van der Waals surface area (Å²) in [6, 6.07) is 8.15. The van der Waals surface area contributed by atoms with Crippen molar-refractivity contribution in [3.63, 3.8) is 0 Å². The summed E-state index contributed by atoms with van der Waals surface area (Å²) < 4.78 is 2.14. The summed E-state index contributed by atoms with van der Waals surface area (Å²) in [6.45, 7) is 2.01. The summed E-state index contributed by atoms with van der Waals surface area (Å²) in [4.78, 5) is 39.6. The first kappa shape index (κ1) is 21.4. The summed E-state index contributed by atoms with van der Waals surface area (Å²) in [5.74, 6) is -1.43. The molecule has 1 aliphatic heterocycles. The van der Waals surface area contributed by atoms with Crippen LogP contribution in [-0.4, -0.2) is 48.2 Å². The molecule has 3 N–H and O–H groups in total. The normalized spacial score (nSPS) is 15.7.